The largest absolute Gasteiger partial charge is 0.510 e. The van der Waals surface area contributed by atoms with Gasteiger partial charge in [-0.25, -0.2) is 0 Å². The molecule has 0 bridgehead atoms. The molecule has 39 heavy (non-hydrogen) atoms. The number of alkyl halides is 1. The van der Waals surface area contributed by atoms with E-state index in [0.29, 0.717) is 12.0 Å². The van der Waals surface area contributed by atoms with E-state index in [0.717, 1.165) is 0 Å². The molecule has 0 aromatic heterocycles. The number of carbonyl (C=O) groups excluding carboxylic acids is 4. The molecular formula is C26H31Br2N3O8. The number of aromatic hydroxyl groups is 1. The predicted molar refractivity (Wildman–Crippen MR) is 150 cm³/mol. The maximum atomic E-state index is 13.7. The zero-order valence-electron chi connectivity index (χ0n) is 21.7. The molecular weight excluding hydrogens is 642 g/mol. The number of phenols is 1. The van der Waals surface area contributed by atoms with Crippen molar-refractivity contribution in [1.29, 1.82) is 0 Å². The van der Waals surface area contributed by atoms with Gasteiger partial charge < -0.3 is 31.5 Å². The van der Waals surface area contributed by atoms with Crippen molar-refractivity contribution in [1.82, 2.24) is 4.90 Å². The fourth-order valence-corrected chi connectivity index (χ4v) is 5.84. The molecule has 1 aromatic carbocycles. The van der Waals surface area contributed by atoms with Crippen LogP contribution in [0.5, 0.6) is 5.75 Å². The van der Waals surface area contributed by atoms with Crippen molar-refractivity contribution in [3.8, 4) is 5.75 Å². The normalized spacial score (nSPS) is 27.7. The van der Waals surface area contributed by atoms with Gasteiger partial charge in [-0.15, -0.1) is 17.0 Å². The third-order valence-corrected chi connectivity index (χ3v) is 8.90. The van der Waals surface area contributed by atoms with Crippen LogP contribution in [-0.2, 0) is 20.8 Å². The van der Waals surface area contributed by atoms with Gasteiger partial charge in [0, 0.05) is 11.5 Å². The van der Waals surface area contributed by atoms with E-state index in [-0.39, 0.29) is 46.6 Å². The summed E-state index contributed by atoms with van der Waals surface area (Å²) in [5.74, 6) is -7.66. The number of ketones is 2. The Morgan fingerprint density at radius 3 is 2.38 bits per heavy atom. The Hall–Kier alpha value is -2.74. The first kappa shape index (κ1) is 30.8. The van der Waals surface area contributed by atoms with Gasteiger partial charge in [0.15, 0.2) is 17.1 Å². The number of phenolic OH excluding ortho intramolecular Hbond substituents is 1. The maximum Gasteiger partial charge on any atom is 0.255 e. The molecule has 0 heterocycles. The van der Waals surface area contributed by atoms with Gasteiger partial charge in [-0.3, -0.25) is 24.1 Å². The number of likely N-dealkylation sites (N-methyl/N-ethyl adjacent to an activating group) is 1. The van der Waals surface area contributed by atoms with E-state index in [1.54, 1.807) is 34.0 Å². The first-order valence-corrected chi connectivity index (χ1v) is 12.9. The second kappa shape index (κ2) is 10.3. The molecule has 0 radical (unpaired) electrons. The number of aliphatic hydroxyl groups is 3. The van der Waals surface area contributed by atoms with E-state index in [1.165, 1.54) is 11.0 Å². The van der Waals surface area contributed by atoms with Crippen LogP contribution in [-0.4, -0.2) is 78.8 Å². The topological polar surface area (TPSA) is 190 Å². The van der Waals surface area contributed by atoms with Crippen LogP contribution in [0.4, 0.5) is 5.69 Å². The lowest BCUT2D eigenvalue weighted by atomic mass is 9.58. The molecule has 1 aromatic rings. The predicted octanol–water partition coefficient (Wildman–Crippen LogP) is 2.20. The van der Waals surface area contributed by atoms with Gasteiger partial charge in [-0.05, 0) is 57.8 Å². The van der Waals surface area contributed by atoms with Gasteiger partial charge in [-0.2, -0.15) is 0 Å². The van der Waals surface area contributed by atoms with Crippen LogP contribution in [0.15, 0.2) is 34.8 Å². The summed E-state index contributed by atoms with van der Waals surface area (Å²) < 4.78 is -0.922. The molecule has 0 fully saturated rings. The number of hydrogen-bond donors (Lipinski definition) is 6. The standard InChI is InChI=1S/C26H30BrN3O8.BrH/c1-5-25(2,27)24(37)29-13-7-6-10-8-11-9-12-17(30(3)4)20(33)16(23(28)36)22(35)26(12,38)21(34)15(11)19(32)14(10)18(13)31;/h6-7,11-12,17,31,33-34,38H,5,8-9H2,1-4H3,(H2,28,36)(H,29,37);1H/t11?,12?,17-,25?,26-;/m0./s1. The van der Waals surface area contributed by atoms with Gasteiger partial charge in [-0.1, -0.05) is 28.9 Å². The summed E-state index contributed by atoms with van der Waals surface area (Å²) in [6.07, 6.45) is 0.621. The SMILES string of the molecule is Br.CCC(C)(Br)C(=O)Nc1ccc2c(c1O)C(=O)C1=C(O)[C@]3(O)C(=O)C(C(N)=O)=C(O)[C@@H](N(C)C)C3CC1C2. The van der Waals surface area contributed by atoms with Crippen molar-refractivity contribution in [2.75, 3.05) is 19.4 Å². The van der Waals surface area contributed by atoms with Crippen LogP contribution in [0.1, 0.15) is 42.6 Å². The van der Waals surface area contributed by atoms with Crippen molar-refractivity contribution >= 4 is 62.0 Å². The van der Waals surface area contributed by atoms with Crippen LogP contribution in [0, 0.1) is 11.8 Å². The highest BCUT2D eigenvalue weighted by Crippen LogP contribution is 2.52. The highest BCUT2D eigenvalue weighted by molar-refractivity contribution is 9.10. The van der Waals surface area contributed by atoms with E-state index in [4.69, 9.17) is 5.73 Å². The van der Waals surface area contributed by atoms with E-state index in [9.17, 15) is 39.6 Å². The summed E-state index contributed by atoms with van der Waals surface area (Å²) in [4.78, 5) is 53.2. The Kier molecular flexibility index (Phi) is 8.17. The van der Waals surface area contributed by atoms with Gasteiger partial charge >= 0.3 is 0 Å². The quantitative estimate of drug-likeness (QED) is 0.155. The van der Waals surface area contributed by atoms with Crippen molar-refractivity contribution < 1.29 is 39.6 Å². The van der Waals surface area contributed by atoms with E-state index in [2.05, 4.69) is 21.2 Å². The number of fused-ring (bicyclic) bond motifs is 3. The highest BCUT2D eigenvalue weighted by atomic mass is 79.9. The number of carbonyl (C=O) groups is 4. The summed E-state index contributed by atoms with van der Waals surface area (Å²) in [6, 6.07) is 2.02. The minimum atomic E-state index is -2.70. The molecule has 2 amide bonds. The summed E-state index contributed by atoms with van der Waals surface area (Å²) in [5.41, 5.74) is 1.78. The zero-order valence-corrected chi connectivity index (χ0v) is 25.0. The average molecular weight is 673 g/mol. The second-order valence-corrected chi connectivity index (χ2v) is 12.2. The molecule has 0 aliphatic heterocycles. The highest BCUT2D eigenvalue weighted by Gasteiger charge is 2.63. The maximum absolute atomic E-state index is 13.7. The summed E-state index contributed by atoms with van der Waals surface area (Å²) in [5, 5.41) is 47.3. The minimum Gasteiger partial charge on any atom is -0.510 e. The second-order valence-electron chi connectivity index (χ2n) is 10.5. The number of hydrogen-bond acceptors (Lipinski definition) is 9. The monoisotopic (exact) mass is 671 g/mol. The van der Waals surface area contributed by atoms with Gasteiger partial charge in [0.2, 0.25) is 11.7 Å². The van der Waals surface area contributed by atoms with Crippen molar-refractivity contribution in [2.45, 2.75) is 49.1 Å². The number of primary amides is 1. The molecule has 3 aliphatic rings. The first-order valence-electron chi connectivity index (χ1n) is 12.1. The third kappa shape index (κ3) is 4.48. The Labute approximate surface area is 243 Å². The number of Topliss-reactive ketones (excluding diaryl/α,β-unsaturated/α-hetero) is 2. The van der Waals surface area contributed by atoms with Crippen LogP contribution >= 0.6 is 32.9 Å². The lowest BCUT2D eigenvalue weighted by Crippen LogP contribution is -2.63. The van der Waals surface area contributed by atoms with E-state index >= 15 is 0 Å². The Morgan fingerprint density at radius 1 is 1.23 bits per heavy atom. The number of rotatable bonds is 5. The lowest BCUT2D eigenvalue weighted by molar-refractivity contribution is -0.148. The van der Waals surface area contributed by atoms with Crippen molar-refractivity contribution in [3.63, 3.8) is 0 Å². The average Bonchev–Trinajstić information content (AvgIpc) is 2.82. The fourth-order valence-electron chi connectivity index (χ4n) is 5.74. The number of nitrogens with zero attached hydrogens (tertiary/aromatic N) is 1. The minimum absolute atomic E-state index is 0. The molecule has 0 saturated heterocycles. The Morgan fingerprint density at radius 2 is 1.85 bits per heavy atom. The van der Waals surface area contributed by atoms with Crippen LogP contribution in [0.25, 0.3) is 0 Å². The van der Waals surface area contributed by atoms with Crippen LogP contribution < -0.4 is 11.1 Å². The fraction of sp³-hybridized carbons (Fsp3) is 0.462. The van der Waals surface area contributed by atoms with E-state index < -0.39 is 74.0 Å². The molecule has 3 aliphatic carbocycles. The molecule has 212 valence electrons. The number of halogens is 2. The number of nitrogens with two attached hydrogens (primary N) is 1. The number of benzene rings is 1. The first-order chi connectivity index (χ1) is 17.6. The number of anilines is 1. The van der Waals surface area contributed by atoms with Crippen LogP contribution in [0.3, 0.4) is 0 Å². The van der Waals surface area contributed by atoms with Crippen LogP contribution in [0.2, 0.25) is 0 Å². The Bertz CT molecular complexity index is 1350. The molecule has 13 heteroatoms. The number of amides is 2. The van der Waals surface area contributed by atoms with Gasteiger partial charge in [0.1, 0.15) is 21.4 Å². The molecule has 5 atom stereocenters. The van der Waals surface area contributed by atoms with Gasteiger partial charge in [0.05, 0.1) is 17.3 Å². The lowest BCUT2D eigenvalue weighted by Gasteiger charge is -2.50. The Balaban J connectivity index is 0.00000420. The molecule has 11 nitrogen and oxygen atoms in total. The van der Waals surface area contributed by atoms with E-state index in [1.807, 2.05) is 0 Å². The number of aliphatic hydroxyl groups excluding tert-OH is 2. The number of nitrogens with one attached hydrogen (secondary N) is 1. The zero-order chi connectivity index (χ0) is 28.5. The van der Waals surface area contributed by atoms with Crippen molar-refractivity contribution in [3.05, 3.63) is 45.9 Å². The molecule has 0 saturated carbocycles. The molecule has 7 N–H and O–H groups in total. The smallest absolute Gasteiger partial charge is 0.255 e. The summed E-state index contributed by atoms with van der Waals surface area (Å²) in [6.45, 7) is 3.46. The molecule has 0 spiro atoms. The summed E-state index contributed by atoms with van der Waals surface area (Å²) in [7, 11) is 3.13. The number of allylic oxidation sites excluding steroid dienone is 1. The van der Waals surface area contributed by atoms with Crippen molar-refractivity contribution in [2.24, 2.45) is 17.6 Å². The molecule has 4 rings (SSSR count). The molecule has 3 unspecified atom stereocenters. The summed E-state index contributed by atoms with van der Waals surface area (Å²) >= 11 is 3.33. The third-order valence-electron chi connectivity index (χ3n) is 7.98. The van der Waals surface area contributed by atoms with Gasteiger partial charge in [0.25, 0.3) is 5.91 Å².